The number of nitrogens with one attached hydrogen (secondary N) is 1. The minimum Gasteiger partial charge on any atom is -0.324 e. The normalized spacial score (nSPS) is 18.6. The van der Waals surface area contributed by atoms with Crippen LogP contribution in [0.3, 0.4) is 0 Å². The molecule has 0 aliphatic heterocycles. The Balaban J connectivity index is 1.65. The molecule has 2 amide bonds. The summed E-state index contributed by atoms with van der Waals surface area (Å²) >= 11 is 6.24. The van der Waals surface area contributed by atoms with E-state index in [0.717, 1.165) is 16.8 Å². The predicted octanol–water partition coefficient (Wildman–Crippen LogP) is 4.19. The Hall–Kier alpha value is -2.33. The van der Waals surface area contributed by atoms with E-state index in [1.807, 2.05) is 56.3 Å². The Kier molecular flexibility index (Phi) is 4.82. The predicted molar refractivity (Wildman–Crippen MR) is 101 cm³/mol. The number of amides is 2. The summed E-state index contributed by atoms with van der Waals surface area (Å²) in [6.07, 6.45) is 0.574. The fourth-order valence-electron chi connectivity index (χ4n) is 3.08. The third-order valence-electron chi connectivity index (χ3n) is 4.60. The molecular weight excluding hydrogens is 336 g/mol. The Labute approximate surface area is 152 Å². The van der Waals surface area contributed by atoms with Crippen molar-refractivity contribution in [2.24, 2.45) is 11.8 Å². The summed E-state index contributed by atoms with van der Waals surface area (Å²) in [6.45, 7) is 3.87. The van der Waals surface area contributed by atoms with E-state index in [9.17, 15) is 9.59 Å². The van der Waals surface area contributed by atoms with Gasteiger partial charge in [0.15, 0.2) is 0 Å². The average Bonchev–Trinajstić information content (AvgIpc) is 3.38. The molecule has 0 aromatic heterocycles. The van der Waals surface area contributed by atoms with E-state index in [2.05, 4.69) is 5.32 Å². The molecule has 5 heteroatoms. The number of hydrogen-bond acceptors (Lipinski definition) is 2. The maximum absolute atomic E-state index is 12.6. The van der Waals surface area contributed by atoms with E-state index >= 15 is 0 Å². The number of aryl methyl sites for hydroxylation is 2. The summed E-state index contributed by atoms with van der Waals surface area (Å²) in [7, 11) is 1.74. The van der Waals surface area contributed by atoms with Gasteiger partial charge in [0, 0.05) is 12.7 Å². The zero-order chi connectivity index (χ0) is 18.1. The van der Waals surface area contributed by atoms with Gasteiger partial charge in [-0.15, -0.1) is 0 Å². The zero-order valence-electron chi connectivity index (χ0n) is 14.5. The molecule has 1 aliphatic carbocycles. The second-order valence-electron chi connectivity index (χ2n) is 6.61. The summed E-state index contributed by atoms with van der Waals surface area (Å²) < 4.78 is 0. The Morgan fingerprint density at radius 3 is 2.44 bits per heavy atom. The molecule has 0 bridgehead atoms. The second kappa shape index (κ2) is 6.89. The number of anilines is 2. The molecule has 2 aromatic rings. The number of nitrogens with zero attached hydrogens (tertiary/aromatic N) is 1. The summed E-state index contributed by atoms with van der Waals surface area (Å²) in [5, 5.41) is 3.41. The van der Waals surface area contributed by atoms with Crippen LogP contribution in [0.2, 0.25) is 5.02 Å². The van der Waals surface area contributed by atoms with Crippen molar-refractivity contribution < 1.29 is 9.59 Å². The van der Waals surface area contributed by atoms with E-state index in [1.54, 1.807) is 11.9 Å². The molecule has 0 radical (unpaired) electrons. The molecule has 0 spiro atoms. The van der Waals surface area contributed by atoms with Crippen molar-refractivity contribution >= 4 is 34.8 Å². The Bertz CT molecular complexity index is 797. The second-order valence-corrected chi connectivity index (χ2v) is 7.02. The number of hydrogen-bond donors (Lipinski definition) is 1. The highest BCUT2D eigenvalue weighted by Crippen LogP contribution is 2.42. The zero-order valence-corrected chi connectivity index (χ0v) is 15.3. The molecule has 2 atom stereocenters. The third-order valence-corrected chi connectivity index (χ3v) is 4.90. The van der Waals surface area contributed by atoms with Gasteiger partial charge in [-0.2, -0.15) is 0 Å². The molecule has 1 saturated carbocycles. The minimum absolute atomic E-state index is 0.0296. The van der Waals surface area contributed by atoms with Gasteiger partial charge in [0.25, 0.3) is 0 Å². The van der Waals surface area contributed by atoms with Crippen LogP contribution in [0.15, 0.2) is 42.5 Å². The van der Waals surface area contributed by atoms with Crippen molar-refractivity contribution in [2.75, 3.05) is 17.3 Å². The SMILES string of the molecule is Cc1cc(C)c(NC(=O)C2CC2C(=O)N(C)c2ccccc2)c(Cl)c1. The maximum atomic E-state index is 12.6. The molecule has 2 aromatic carbocycles. The number of carbonyl (C=O) groups is 2. The highest BCUT2D eigenvalue weighted by atomic mass is 35.5. The van der Waals surface area contributed by atoms with Gasteiger partial charge in [-0.3, -0.25) is 9.59 Å². The first-order valence-electron chi connectivity index (χ1n) is 8.28. The van der Waals surface area contributed by atoms with Crippen LogP contribution in [-0.2, 0) is 9.59 Å². The van der Waals surface area contributed by atoms with Gasteiger partial charge in [-0.05, 0) is 49.6 Å². The summed E-state index contributed by atoms with van der Waals surface area (Å²) in [6, 6.07) is 13.2. The van der Waals surface area contributed by atoms with Crippen molar-refractivity contribution in [1.82, 2.24) is 0 Å². The molecular formula is C20H21ClN2O2. The lowest BCUT2D eigenvalue weighted by Gasteiger charge is -2.17. The van der Waals surface area contributed by atoms with E-state index in [0.29, 0.717) is 17.1 Å². The monoisotopic (exact) mass is 356 g/mol. The van der Waals surface area contributed by atoms with Crippen LogP contribution in [0.25, 0.3) is 0 Å². The van der Waals surface area contributed by atoms with E-state index in [-0.39, 0.29) is 23.7 Å². The van der Waals surface area contributed by atoms with Gasteiger partial charge < -0.3 is 10.2 Å². The van der Waals surface area contributed by atoms with Crippen LogP contribution >= 0.6 is 11.6 Å². The van der Waals surface area contributed by atoms with Crippen molar-refractivity contribution in [3.05, 3.63) is 58.6 Å². The van der Waals surface area contributed by atoms with Crippen LogP contribution in [0.5, 0.6) is 0 Å². The summed E-state index contributed by atoms with van der Waals surface area (Å²) in [5.74, 6) is -0.739. The average molecular weight is 357 g/mol. The van der Waals surface area contributed by atoms with Crippen LogP contribution in [0.4, 0.5) is 11.4 Å². The highest BCUT2D eigenvalue weighted by Gasteiger charge is 2.49. The summed E-state index contributed by atoms with van der Waals surface area (Å²) in [5.41, 5.74) is 3.43. The third kappa shape index (κ3) is 3.69. The molecule has 130 valence electrons. The molecule has 0 heterocycles. The molecule has 1 fully saturated rings. The number of halogens is 1. The van der Waals surface area contributed by atoms with Crippen molar-refractivity contribution in [2.45, 2.75) is 20.3 Å². The quantitative estimate of drug-likeness (QED) is 0.892. The number of carbonyl (C=O) groups excluding carboxylic acids is 2. The minimum atomic E-state index is -0.296. The number of para-hydroxylation sites is 1. The van der Waals surface area contributed by atoms with E-state index < -0.39 is 0 Å². The standard InChI is InChI=1S/C20H21ClN2O2/c1-12-9-13(2)18(17(21)10-12)22-19(24)15-11-16(15)20(25)23(3)14-7-5-4-6-8-14/h4-10,15-16H,11H2,1-3H3,(H,22,24). The van der Waals surface area contributed by atoms with Gasteiger partial charge in [0.1, 0.15) is 0 Å². The topological polar surface area (TPSA) is 49.4 Å². The number of benzene rings is 2. The molecule has 2 unspecified atom stereocenters. The van der Waals surface area contributed by atoms with Crippen molar-refractivity contribution in [1.29, 1.82) is 0 Å². The van der Waals surface area contributed by atoms with Crippen molar-refractivity contribution in [3.8, 4) is 0 Å². The first kappa shape index (κ1) is 17.5. The lowest BCUT2D eigenvalue weighted by atomic mass is 10.1. The van der Waals surface area contributed by atoms with Crippen LogP contribution in [-0.4, -0.2) is 18.9 Å². The maximum Gasteiger partial charge on any atom is 0.230 e. The molecule has 0 saturated heterocycles. The van der Waals surface area contributed by atoms with E-state index in [1.165, 1.54) is 0 Å². The largest absolute Gasteiger partial charge is 0.324 e. The molecule has 1 N–H and O–H groups in total. The van der Waals surface area contributed by atoms with Gasteiger partial charge in [-0.25, -0.2) is 0 Å². The molecule has 4 nitrogen and oxygen atoms in total. The van der Waals surface area contributed by atoms with Gasteiger partial charge in [0.2, 0.25) is 11.8 Å². The van der Waals surface area contributed by atoms with Crippen molar-refractivity contribution in [3.63, 3.8) is 0 Å². The lowest BCUT2D eigenvalue weighted by Crippen LogP contribution is -2.29. The lowest BCUT2D eigenvalue weighted by molar-refractivity contribution is -0.123. The first-order valence-corrected chi connectivity index (χ1v) is 8.66. The van der Waals surface area contributed by atoms with Gasteiger partial charge >= 0.3 is 0 Å². The molecule has 25 heavy (non-hydrogen) atoms. The fraction of sp³-hybridized carbons (Fsp3) is 0.300. The highest BCUT2D eigenvalue weighted by molar-refractivity contribution is 6.34. The molecule has 1 aliphatic rings. The van der Waals surface area contributed by atoms with Gasteiger partial charge in [-0.1, -0.05) is 35.9 Å². The summed E-state index contributed by atoms with van der Waals surface area (Å²) in [4.78, 5) is 26.7. The van der Waals surface area contributed by atoms with Gasteiger partial charge in [0.05, 0.1) is 22.5 Å². The van der Waals surface area contributed by atoms with E-state index in [4.69, 9.17) is 11.6 Å². The van der Waals surface area contributed by atoms with Crippen LogP contribution in [0.1, 0.15) is 17.5 Å². The number of rotatable bonds is 4. The molecule has 3 rings (SSSR count). The first-order chi connectivity index (χ1) is 11.9. The Morgan fingerprint density at radius 1 is 1.12 bits per heavy atom. The van der Waals surface area contributed by atoms with Crippen LogP contribution < -0.4 is 10.2 Å². The Morgan fingerprint density at radius 2 is 1.80 bits per heavy atom. The fourth-order valence-corrected chi connectivity index (χ4v) is 3.44. The smallest absolute Gasteiger partial charge is 0.230 e. The van der Waals surface area contributed by atoms with Crippen LogP contribution in [0, 0.1) is 25.7 Å².